The van der Waals surface area contributed by atoms with Gasteiger partial charge in [0.25, 0.3) is 0 Å². The van der Waals surface area contributed by atoms with Crippen LogP contribution >= 0.6 is 0 Å². The van der Waals surface area contributed by atoms with E-state index in [0.29, 0.717) is 23.0 Å². The van der Waals surface area contributed by atoms with Gasteiger partial charge < -0.3 is 9.47 Å². The van der Waals surface area contributed by atoms with E-state index in [4.69, 9.17) is 9.47 Å². The summed E-state index contributed by atoms with van der Waals surface area (Å²) in [7, 11) is 0. The van der Waals surface area contributed by atoms with Gasteiger partial charge in [-0.1, -0.05) is 133 Å². The lowest BCUT2D eigenvalue weighted by Gasteiger charge is -2.69. The van der Waals surface area contributed by atoms with Crippen LogP contribution in [0.4, 0.5) is 0 Å². The van der Waals surface area contributed by atoms with Crippen molar-refractivity contribution in [2.45, 2.75) is 336 Å². The van der Waals surface area contributed by atoms with Crippen molar-refractivity contribution in [2.24, 2.45) is 70.0 Å². The van der Waals surface area contributed by atoms with Gasteiger partial charge in [0.15, 0.2) is 0 Å². The van der Waals surface area contributed by atoms with E-state index in [2.05, 4.69) is 79.0 Å². The van der Waals surface area contributed by atoms with Crippen LogP contribution in [-0.2, 0) is 9.47 Å². The second-order valence-corrected chi connectivity index (χ2v) is 29.4. The molecule has 10 atom stereocenters. The first-order valence-corrected chi connectivity index (χ1v) is 32.5. The normalized spacial score (nSPS) is 40.6. The van der Waals surface area contributed by atoms with E-state index in [1.807, 2.05) is 0 Å². The lowest BCUT2D eigenvalue weighted by atomic mass is 9.40. The highest BCUT2D eigenvalue weighted by Crippen LogP contribution is 2.67. The molecule has 4 nitrogen and oxygen atoms in total. The van der Waals surface area contributed by atoms with Gasteiger partial charge in [-0.2, -0.15) is 0 Å². The Balaban J connectivity index is 1.05. The van der Waals surface area contributed by atoms with Gasteiger partial charge >= 0.3 is 0 Å². The lowest BCUT2D eigenvalue weighted by molar-refractivity contribution is -0.196. The van der Waals surface area contributed by atoms with E-state index in [1.54, 1.807) is 0 Å². The number of hydrogen-bond acceptors (Lipinski definition) is 4. The van der Waals surface area contributed by atoms with Crippen molar-refractivity contribution in [1.29, 1.82) is 0 Å². The Morgan fingerprint density at radius 3 is 0.986 bits per heavy atom. The molecule has 0 spiro atoms. The lowest BCUT2D eigenvalue weighted by Crippen LogP contribution is -2.68. The summed E-state index contributed by atoms with van der Waals surface area (Å²) in [6, 6.07) is 4.70. The topological polar surface area (TPSA) is 24.9 Å². The number of nitrogens with zero attached hydrogens (tertiary/aromatic N) is 2. The molecule has 10 unspecified atom stereocenters. The highest BCUT2D eigenvalue weighted by atomic mass is 16.5. The molecule has 70 heavy (non-hydrogen) atoms. The molecule has 0 aromatic rings. The first-order chi connectivity index (χ1) is 33.8. The fourth-order valence-corrected chi connectivity index (χ4v) is 19.1. The maximum atomic E-state index is 6.73. The van der Waals surface area contributed by atoms with Crippen molar-refractivity contribution >= 4 is 0 Å². The summed E-state index contributed by atoms with van der Waals surface area (Å²) in [5, 5.41) is 0. The standard InChI is InChI=1S/C66H120N2O2/c1-11-13-15-17-19-21-43-69-53-35-31-51(32-36-53)67(49-27-23-47(3)24-28-49)61-45-59(65(5,6)7)55-40-42-58-62(46-60(66(8,9)10)56-39-41-57(61)63(55)64(56)58)68(50-29-25-48(4)26-30-50)52-33-37-54(38-34-52)70-44-22-20-18-16-14-12-2/h47-64H,11-46H2,1-10H3. The van der Waals surface area contributed by atoms with Gasteiger partial charge in [0.1, 0.15) is 0 Å². The minimum absolute atomic E-state index is 0.362. The summed E-state index contributed by atoms with van der Waals surface area (Å²) in [6.45, 7) is 28.0. The van der Waals surface area contributed by atoms with Gasteiger partial charge in [0, 0.05) is 49.5 Å². The van der Waals surface area contributed by atoms with Crippen LogP contribution in [0.3, 0.4) is 0 Å². The molecule has 0 amide bonds. The Labute approximate surface area is 436 Å². The summed E-state index contributed by atoms with van der Waals surface area (Å²) in [5.74, 6) is 9.01. The molecule has 8 fully saturated rings. The Morgan fingerprint density at radius 2 is 0.657 bits per heavy atom. The second-order valence-electron chi connectivity index (χ2n) is 29.4. The summed E-state index contributed by atoms with van der Waals surface area (Å²) in [6.07, 6.45) is 48.8. The fraction of sp³-hybridized carbons (Fsp3) is 1.00. The predicted octanol–water partition coefficient (Wildman–Crippen LogP) is 18.3. The molecule has 8 rings (SSSR count). The number of rotatable bonds is 22. The largest absolute Gasteiger partial charge is 0.378 e. The fourth-order valence-electron chi connectivity index (χ4n) is 19.1. The third kappa shape index (κ3) is 13.9. The van der Waals surface area contributed by atoms with Crippen molar-refractivity contribution in [2.75, 3.05) is 13.2 Å². The molecular weight excluding hydrogens is 853 g/mol. The van der Waals surface area contributed by atoms with Gasteiger partial charge in [-0.15, -0.1) is 0 Å². The first kappa shape index (κ1) is 56.1. The maximum absolute atomic E-state index is 6.73. The van der Waals surface area contributed by atoms with Crippen LogP contribution in [0.2, 0.25) is 0 Å². The zero-order valence-corrected chi connectivity index (χ0v) is 48.6. The molecule has 0 aliphatic heterocycles. The Bertz CT molecular complexity index is 1360. The van der Waals surface area contributed by atoms with Crippen molar-refractivity contribution < 1.29 is 9.47 Å². The van der Waals surface area contributed by atoms with E-state index < -0.39 is 0 Å². The SMILES string of the molecule is CCCCCCCCOC1CCC(N(C2CCC(C)CC2)C2CC(C(C)(C)C)C3CCC4C5C(CCC2C35)C(C(C)(C)C)CC4N(C2CCC(C)CC2)C2CCC(OCCCCCCCC)CC2)CC1. The monoisotopic (exact) mass is 973 g/mol. The molecule has 4 heteroatoms. The van der Waals surface area contributed by atoms with Crippen molar-refractivity contribution in [3.05, 3.63) is 0 Å². The van der Waals surface area contributed by atoms with Crippen molar-refractivity contribution in [3.8, 4) is 0 Å². The van der Waals surface area contributed by atoms with Crippen molar-refractivity contribution in [3.63, 3.8) is 0 Å². The van der Waals surface area contributed by atoms with Crippen LogP contribution in [0.5, 0.6) is 0 Å². The van der Waals surface area contributed by atoms with E-state index in [9.17, 15) is 0 Å². The van der Waals surface area contributed by atoms with Gasteiger partial charge in [0.05, 0.1) is 12.2 Å². The Kier molecular flexibility index (Phi) is 21.0. The maximum Gasteiger partial charge on any atom is 0.0576 e. The molecule has 0 bridgehead atoms. The molecule has 0 saturated heterocycles. The molecule has 0 N–H and O–H groups in total. The predicted molar refractivity (Wildman–Crippen MR) is 299 cm³/mol. The minimum Gasteiger partial charge on any atom is -0.378 e. The quantitative estimate of drug-likeness (QED) is 0.101. The second kappa shape index (κ2) is 26.3. The van der Waals surface area contributed by atoms with E-state index in [0.717, 1.165) is 109 Å². The first-order valence-electron chi connectivity index (χ1n) is 32.5. The summed E-state index contributed by atoms with van der Waals surface area (Å²) < 4.78 is 13.5. The Morgan fingerprint density at radius 1 is 0.357 bits per heavy atom. The zero-order chi connectivity index (χ0) is 49.4. The molecular formula is C66H120N2O2. The third-order valence-corrected chi connectivity index (χ3v) is 22.7. The molecule has 8 saturated carbocycles. The van der Waals surface area contributed by atoms with Gasteiger partial charge in [-0.25, -0.2) is 0 Å². The highest BCUT2D eigenvalue weighted by Gasteiger charge is 2.64. The van der Waals surface area contributed by atoms with Gasteiger partial charge in [0.2, 0.25) is 0 Å². The molecule has 0 heterocycles. The summed E-state index contributed by atoms with van der Waals surface area (Å²) >= 11 is 0. The molecule has 0 aromatic heterocycles. The molecule has 8 aliphatic rings. The molecule has 406 valence electrons. The summed E-state index contributed by atoms with van der Waals surface area (Å²) in [4.78, 5) is 6.84. The van der Waals surface area contributed by atoms with Gasteiger partial charge in [-0.05, 0) is 224 Å². The number of ether oxygens (including phenoxy) is 2. The smallest absolute Gasteiger partial charge is 0.0576 e. The Hall–Kier alpha value is -0.160. The van der Waals surface area contributed by atoms with Gasteiger partial charge in [-0.3, -0.25) is 9.80 Å². The molecule has 0 radical (unpaired) electrons. The van der Waals surface area contributed by atoms with Crippen LogP contribution in [0.15, 0.2) is 0 Å². The number of hydrogen-bond donors (Lipinski definition) is 0. The third-order valence-electron chi connectivity index (χ3n) is 22.7. The molecule has 8 aliphatic carbocycles. The van der Waals surface area contributed by atoms with Crippen LogP contribution < -0.4 is 0 Å². The van der Waals surface area contributed by atoms with Crippen LogP contribution in [-0.4, -0.2) is 71.5 Å². The average molecular weight is 974 g/mol. The highest BCUT2D eigenvalue weighted by molar-refractivity contribution is 5.14. The van der Waals surface area contributed by atoms with E-state index in [1.165, 1.54) is 218 Å². The zero-order valence-electron chi connectivity index (χ0n) is 48.6. The average Bonchev–Trinajstić information content (AvgIpc) is 3.34. The van der Waals surface area contributed by atoms with Crippen molar-refractivity contribution in [1.82, 2.24) is 9.80 Å². The van der Waals surface area contributed by atoms with Crippen LogP contribution in [0.25, 0.3) is 0 Å². The van der Waals surface area contributed by atoms with E-state index >= 15 is 0 Å². The van der Waals surface area contributed by atoms with Crippen LogP contribution in [0.1, 0.15) is 288 Å². The van der Waals surface area contributed by atoms with E-state index in [-0.39, 0.29) is 0 Å². The molecule has 0 aromatic carbocycles. The minimum atomic E-state index is 0.362. The number of unbranched alkanes of at least 4 members (excludes halogenated alkanes) is 10. The summed E-state index contributed by atoms with van der Waals surface area (Å²) in [5.41, 5.74) is 0.723. The van der Waals surface area contributed by atoms with Crippen LogP contribution in [0, 0.1) is 70.0 Å².